The van der Waals surface area contributed by atoms with Crippen molar-refractivity contribution in [3.8, 4) is 0 Å². The number of nitro groups is 1. The first kappa shape index (κ1) is 19.0. The zero-order valence-electron chi connectivity index (χ0n) is 14.5. The van der Waals surface area contributed by atoms with Gasteiger partial charge in [-0.1, -0.05) is 6.07 Å². The molecule has 1 aromatic rings. The molecule has 0 atom stereocenters. The first-order valence-electron chi connectivity index (χ1n) is 8.75. The maximum absolute atomic E-state index is 11.8. The minimum absolute atomic E-state index is 0.00479. The van der Waals surface area contributed by atoms with Crippen LogP contribution in [0.25, 0.3) is 0 Å². The molecule has 3 rings (SSSR count). The lowest BCUT2D eigenvalue weighted by atomic mass is 9.89. The summed E-state index contributed by atoms with van der Waals surface area (Å²) in [6, 6.07) is 4.38. The average Bonchev–Trinajstić information content (AvgIpc) is 2.62. The van der Waals surface area contributed by atoms with Crippen LogP contribution >= 0.6 is 0 Å². The standard InChI is InChI=1S/C16H24N4O5S/c17-26(23,24)15-3-1-2-14(20(21)22)16(15)18-12-4-6-13(7-5-12)19-8-10-25-11-9-19/h1-3,12-13,18H,4-11H2,(H2,17,23,24)/t12-,13-. The summed E-state index contributed by atoms with van der Waals surface area (Å²) >= 11 is 0. The lowest BCUT2D eigenvalue weighted by Gasteiger charge is -2.39. The minimum atomic E-state index is -4.06. The number of nitrogens with two attached hydrogens (primary N) is 1. The Morgan fingerprint density at radius 1 is 1.19 bits per heavy atom. The average molecular weight is 384 g/mol. The van der Waals surface area contributed by atoms with Crippen molar-refractivity contribution >= 4 is 21.4 Å². The fraction of sp³-hybridized carbons (Fsp3) is 0.625. The number of morpholine rings is 1. The number of primary sulfonamides is 1. The highest BCUT2D eigenvalue weighted by Gasteiger charge is 2.30. The molecule has 144 valence electrons. The van der Waals surface area contributed by atoms with Gasteiger partial charge in [-0.25, -0.2) is 13.6 Å². The number of nitrogens with one attached hydrogen (secondary N) is 1. The summed E-state index contributed by atoms with van der Waals surface area (Å²) in [6.07, 6.45) is 3.56. The summed E-state index contributed by atoms with van der Waals surface area (Å²) in [5.74, 6) is 0. The Labute approximate surface area is 152 Å². The molecular weight excluding hydrogens is 360 g/mol. The minimum Gasteiger partial charge on any atom is -0.379 e. The lowest BCUT2D eigenvalue weighted by Crippen LogP contribution is -2.46. The SMILES string of the molecule is NS(=O)(=O)c1cccc([N+](=O)[O-])c1N[C@H]1CC[C@H](N2CCOCC2)CC1. The summed E-state index contributed by atoms with van der Waals surface area (Å²) in [5.41, 5.74) is -0.276. The van der Waals surface area contributed by atoms with Crippen LogP contribution in [-0.2, 0) is 14.8 Å². The van der Waals surface area contributed by atoms with Crippen molar-refractivity contribution in [2.75, 3.05) is 31.6 Å². The van der Waals surface area contributed by atoms with Crippen LogP contribution in [0, 0.1) is 10.1 Å². The van der Waals surface area contributed by atoms with Crippen LogP contribution in [0.4, 0.5) is 11.4 Å². The van der Waals surface area contributed by atoms with E-state index >= 15 is 0 Å². The number of para-hydroxylation sites is 1. The van der Waals surface area contributed by atoms with Crippen LogP contribution < -0.4 is 10.5 Å². The maximum atomic E-state index is 11.8. The molecule has 2 fully saturated rings. The molecule has 1 heterocycles. The number of nitrogens with zero attached hydrogens (tertiary/aromatic N) is 2. The van der Waals surface area contributed by atoms with Gasteiger partial charge < -0.3 is 10.1 Å². The molecule has 0 radical (unpaired) electrons. The predicted molar refractivity (Wildman–Crippen MR) is 96.5 cm³/mol. The van der Waals surface area contributed by atoms with Gasteiger partial charge in [-0.15, -0.1) is 0 Å². The topological polar surface area (TPSA) is 128 Å². The molecule has 1 aromatic carbocycles. The van der Waals surface area contributed by atoms with Crippen LogP contribution in [0.15, 0.2) is 23.1 Å². The Kier molecular flexibility index (Phi) is 5.76. The highest BCUT2D eigenvalue weighted by molar-refractivity contribution is 7.89. The van der Waals surface area contributed by atoms with E-state index in [1.807, 2.05) is 0 Å². The highest BCUT2D eigenvalue weighted by Crippen LogP contribution is 2.34. The largest absolute Gasteiger partial charge is 0.379 e. The summed E-state index contributed by atoms with van der Waals surface area (Å²) in [5, 5.41) is 19.6. The van der Waals surface area contributed by atoms with Crippen molar-refractivity contribution in [3.63, 3.8) is 0 Å². The zero-order valence-corrected chi connectivity index (χ0v) is 15.3. The quantitative estimate of drug-likeness (QED) is 0.578. The van der Waals surface area contributed by atoms with Gasteiger partial charge >= 0.3 is 0 Å². The molecule has 10 heteroatoms. The number of ether oxygens (including phenoxy) is 1. The van der Waals surface area contributed by atoms with Gasteiger partial charge in [0.1, 0.15) is 10.6 Å². The van der Waals surface area contributed by atoms with Crippen molar-refractivity contribution in [2.24, 2.45) is 5.14 Å². The van der Waals surface area contributed by atoms with E-state index in [9.17, 15) is 18.5 Å². The van der Waals surface area contributed by atoms with Crippen molar-refractivity contribution < 1.29 is 18.1 Å². The van der Waals surface area contributed by atoms with Crippen LogP contribution in [0.1, 0.15) is 25.7 Å². The van der Waals surface area contributed by atoms with Gasteiger partial charge in [-0.2, -0.15) is 0 Å². The van der Waals surface area contributed by atoms with Crippen LogP contribution in [0.2, 0.25) is 0 Å². The van der Waals surface area contributed by atoms with Crippen molar-refractivity contribution in [1.29, 1.82) is 0 Å². The molecule has 9 nitrogen and oxygen atoms in total. The molecule has 0 bridgehead atoms. The van der Waals surface area contributed by atoms with Crippen LogP contribution in [0.5, 0.6) is 0 Å². The number of hydrogen-bond donors (Lipinski definition) is 2. The van der Waals surface area contributed by atoms with Gasteiger partial charge in [-0.05, 0) is 31.7 Å². The predicted octanol–water partition coefficient (Wildman–Crippen LogP) is 1.30. The van der Waals surface area contributed by atoms with E-state index in [0.29, 0.717) is 6.04 Å². The van der Waals surface area contributed by atoms with E-state index in [1.54, 1.807) is 0 Å². The van der Waals surface area contributed by atoms with Gasteiger partial charge in [0.15, 0.2) is 0 Å². The number of hydrogen-bond acceptors (Lipinski definition) is 7. The van der Waals surface area contributed by atoms with E-state index in [-0.39, 0.29) is 22.3 Å². The van der Waals surface area contributed by atoms with E-state index in [2.05, 4.69) is 10.2 Å². The van der Waals surface area contributed by atoms with E-state index in [0.717, 1.165) is 52.0 Å². The van der Waals surface area contributed by atoms with E-state index in [4.69, 9.17) is 9.88 Å². The van der Waals surface area contributed by atoms with Gasteiger partial charge in [0.2, 0.25) is 10.0 Å². The Hall–Kier alpha value is -1.75. The molecule has 0 aromatic heterocycles. The van der Waals surface area contributed by atoms with E-state index < -0.39 is 14.9 Å². The Morgan fingerprint density at radius 2 is 1.85 bits per heavy atom. The first-order chi connectivity index (χ1) is 12.4. The summed E-state index contributed by atoms with van der Waals surface area (Å²) < 4.78 is 29.0. The Balaban J connectivity index is 1.72. The Bertz CT molecular complexity index is 756. The number of sulfonamides is 1. The summed E-state index contributed by atoms with van der Waals surface area (Å²) in [7, 11) is -4.06. The molecule has 1 saturated heterocycles. The van der Waals surface area contributed by atoms with Gasteiger partial charge in [0.25, 0.3) is 5.69 Å². The van der Waals surface area contributed by atoms with Crippen molar-refractivity contribution in [1.82, 2.24) is 4.90 Å². The number of nitro benzene ring substituents is 1. The van der Waals surface area contributed by atoms with Crippen molar-refractivity contribution in [2.45, 2.75) is 42.7 Å². The normalized spacial score (nSPS) is 25.0. The van der Waals surface area contributed by atoms with Gasteiger partial charge in [-0.3, -0.25) is 15.0 Å². The van der Waals surface area contributed by atoms with Crippen molar-refractivity contribution in [3.05, 3.63) is 28.3 Å². The smallest absolute Gasteiger partial charge is 0.293 e. The molecule has 0 amide bonds. The second-order valence-electron chi connectivity index (χ2n) is 6.75. The second kappa shape index (κ2) is 7.87. The second-order valence-corrected chi connectivity index (χ2v) is 8.28. The third-order valence-corrected chi connectivity index (χ3v) is 6.07. The summed E-state index contributed by atoms with van der Waals surface area (Å²) in [4.78, 5) is 12.9. The van der Waals surface area contributed by atoms with E-state index in [1.165, 1.54) is 18.2 Å². The third kappa shape index (κ3) is 4.32. The summed E-state index contributed by atoms with van der Waals surface area (Å²) in [6.45, 7) is 3.38. The number of benzene rings is 1. The molecule has 2 aliphatic rings. The third-order valence-electron chi connectivity index (χ3n) is 5.11. The first-order valence-corrected chi connectivity index (χ1v) is 10.3. The molecule has 1 saturated carbocycles. The molecule has 1 aliphatic heterocycles. The molecule has 0 spiro atoms. The lowest BCUT2D eigenvalue weighted by molar-refractivity contribution is -0.384. The Morgan fingerprint density at radius 3 is 2.42 bits per heavy atom. The molecule has 3 N–H and O–H groups in total. The fourth-order valence-corrected chi connectivity index (χ4v) is 4.50. The van der Waals surface area contributed by atoms with Crippen LogP contribution in [0.3, 0.4) is 0 Å². The number of anilines is 1. The van der Waals surface area contributed by atoms with Crippen LogP contribution in [-0.4, -0.2) is 56.6 Å². The monoisotopic (exact) mass is 384 g/mol. The maximum Gasteiger partial charge on any atom is 0.293 e. The van der Waals surface area contributed by atoms with Gasteiger partial charge in [0.05, 0.1) is 18.1 Å². The molecule has 0 unspecified atom stereocenters. The highest BCUT2D eigenvalue weighted by atomic mass is 32.2. The van der Waals surface area contributed by atoms with Gasteiger partial charge in [0, 0.05) is 31.2 Å². The number of rotatable bonds is 5. The zero-order chi connectivity index (χ0) is 18.7. The molecule has 26 heavy (non-hydrogen) atoms. The molecular formula is C16H24N4O5S. The fourth-order valence-electron chi connectivity index (χ4n) is 3.79. The molecule has 1 aliphatic carbocycles.